The maximum atomic E-state index is 11.3. The molecule has 3 aliphatic rings. The monoisotopic (exact) mass is 410 g/mol. The van der Waals surface area contributed by atoms with Gasteiger partial charge in [-0.05, 0) is 37.7 Å². The standard InChI is InChI=1S/C20H26N8O2/c1-26-11-22-18-17(26)19(25-20(24-18)23-14-5-3-13(21)4-6-14)27-9-8-12-2-7-15(28(29)30)10-16(12)27/h2,7,10,13-14H,3-6,8-9,11,21H2,1H3,(H2,22,23,24,25). The lowest BCUT2D eigenvalue weighted by Crippen LogP contribution is -2.33. The van der Waals surface area contributed by atoms with Gasteiger partial charge < -0.3 is 26.2 Å². The first-order valence-corrected chi connectivity index (χ1v) is 10.4. The van der Waals surface area contributed by atoms with Gasteiger partial charge in [-0.25, -0.2) is 0 Å². The van der Waals surface area contributed by atoms with E-state index in [2.05, 4.69) is 20.4 Å². The summed E-state index contributed by atoms with van der Waals surface area (Å²) in [6, 6.07) is 5.66. The highest BCUT2D eigenvalue weighted by Gasteiger charge is 2.32. The molecule has 2 aliphatic heterocycles. The molecule has 5 rings (SSSR count). The van der Waals surface area contributed by atoms with Crippen LogP contribution < -0.4 is 26.2 Å². The van der Waals surface area contributed by atoms with Crippen LogP contribution in [0.3, 0.4) is 0 Å². The number of rotatable bonds is 4. The molecule has 0 spiro atoms. The maximum absolute atomic E-state index is 11.3. The molecule has 1 fully saturated rings. The van der Waals surface area contributed by atoms with Crippen molar-refractivity contribution in [3.63, 3.8) is 0 Å². The molecule has 2 aromatic rings. The number of nitro groups is 1. The Hall–Kier alpha value is -3.14. The molecule has 0 saturated heterocycles. The Morgan fingerprint density at radius 2 is 2.07 bits per heavy atom. The smallest absolute Gasteiger partial charge is 0.271 e. The van der Waals surface area contributed by atoms with Gasteiger partial charge >= 0.3 is 0 Å². The Kier molecular flexibility index (Phi) is 4.58. The van der Waals surface area contributed by atoms with Gasteiger partial charge in [0.15, 0.2) is 11.6 Å². The van der Waals surface area contributed by atoms with Crippen LogP contribution in [0.15, 0.2) is 18.2 Å². The molecule has 10 nitrogen and oxygen atoms in total. The maximum Gasteiger partial charge on any atom is 0.271 e. The quantitative estimate of drug-likeness (QED) is 0.515. The van der Waals surface area contributed by atoms with Crippen molar-refractivity contribution in [3.8, 4) is 0 Å². The number of non-ortho nitro benzene ring substituents is 1. The van der Waals surface area contributed by atoms with Crippen LogP contribution in [0.4, 0.5) is 34.6 Å². The van der Waals surface area contributed by atoms with Crippen molar-refractivity contribution in [2.45, 2.75) is 44.2 Å². The van der Waals surface area contributed by atoms with Crippen LogP contribution in [-0.4, -0.2) is 47.2 Å². The first-order valence-electron chi connectivity index (χ1n) is 10.4. The van der Waals surface area contributed by atoms with E-state index in [-0.39, 0.29) is 16.7 Å². The molecule has 158 valence electrons. The van der Waals surface area contributed by atoms with E-state index in [1.165, 1.54) is 0 Å². The summed E-state index contributed by atoms with van der Waals surface area (Å²) in [6.45, 7) is 1.37. The summed E-state index contributed by atoms with van der Waals surface area (Å²) in [7, 11) is 1.99. The largest absolute Gasteiger partial charge is 0.351 e. The zero-order valence-electron chi connectivity index (χ0n) is 17.0. The molecule has 1 saturated carbocycles. The summed E-state index contributed by atoms with van der Waals surface area (Å²) in [5.41, 5.74) is 8.99. The normalized spacial score (nSPS) is 22.5. The highest BCUT2D eigenvalue weighted by atomic mass is 16.6. The summed E-state index contributed by atoms with van der Waals surface area (Å²) in [4.78, 5) is 24.7. The lowest BCUT2D eigenvalue weighted by molar-refractivity contribution is -0.384. The van der Waals surface area contributed by atoms with Gasteiger partial charge in [0.25, 0.3) is 5.69 Å². The van der Waals surface area contributed by atoms with Gasteiger partial charge in [-0.15, -0.1) is 0 Å². The summed E-state index contributed by atoms with van der Waals surface area (Å²) in [6.07, 6.45) is 4.83. The third kappa shape index (κ3) is 3.26. The van der Waals surface area contributed by atoms with E-state index >= 15 is 0 Å². The number of fused-ring (bicyclic) bond motifs is 2. The minimum absolute atomic E-state index is 0.0923. The molecule has 10 heteroatoms. The fourth-order valence-electron chi connectivity index (χ4n) is 4.59. The Labute approximate surface area is 174 Å². The highest BCUT2D eigenvalue weighted by Crippen LogP contribution is 2.44. The van der Waals surface area contributed by atoms with Crippen LogP contribution >= 0.6 is 0 Å². The van der Waals surface area contributed by atoms with Crippen molar-refractivity contribution in [2.24, 2.45) is 5.73 Å². The molecular weight excluding hydrogens is 384 g/mol. The molecule has 0 bridgehead atoms. The number of benzene rings is 1. The first-order chi connectivity index (χ1) is 14.5. The number of nitrogens with zero attached hydrogens (tertiary/aromatic N) is 5. The minimum atomic E-state index is -0.352. The van der Waals surface area contributed by atoms with E-state index in [0.717, 1.165) is 67.2 Å². The van der Waals surface area contributed by atoms with Crippen LogP contribution in [0.2, 0.25) is 0 Å². The molecule has 1 aromatic heterocycles. The third-order valence-electron chi connectivity index (χ3n) is 6.27. The summed E-state index contributed by atoms with van der Waals surface area (Å²) >= 11 is 0. The molecule has 0 atom stereocenters. The van der Waals surface area contributed by atoms with E-state index < -0.39 is 0 Å². The summed E-state index contributed by atoms with van der Waals surface area (Å²) in [5, 5.41) is 18.1. The van der Waals surface area contributed by atoms with Crippen molar-refractivity contribution in [3.05, 3.63) is 33.9 Å². The van der Waals surface area contributed by atoms with Gasteiger partial charge in [0, 0.05) is 37.8 Å². The van der Waals surface area contributed by atoms with Crippen LogP contribution in [-0.2, 0) is 6.42 Å². The molecule has 0 amide bonds. The molecule has 30 heavy (non-hydrogen) atoms. The number of hydrogen-bond donors (Lipinski definition) is 3. The first kappa shape index (κ1) is 18.9. The Morgan fingerprint density at radius 3 is 2.83 bits per heavy atom. The molecular formula is C20H26N8O2. The Morgan fingerprint density at radius 1 is 1.27 bits per heavy atom. The van der Waals surface area contributed by atoms with E-state index in [0.29, 0.717) is 18.7 Å². The highest BCUT2D eigenvalue weighted by molar-refractivity contribution is 5.87. The van der Waals surface area contributed by atoms with Gasteiger partial charge in [-0.1, -0.05) is 6.07 Å². The fraction of sp³-hybridized carbons (Fsp3) is 0.500. The predicted octanol–water partition coefficient (Wildman–Crippen LogP) is 2.58. The average molecular weight is 410 g/mol. The Balaban J connectivity index is 1.52. The van der Waals surface area contributed by atoms with Gasteiger partial charge in [0.05, 0.1) is 17.3 Å². The van der Waals surface area contributed by atoms with E-state index in [1.807, 2.05) is 13.1 Å². The number of aromatic nitrogens is 2. The van der Waals surface area contributed by atoms with Crippen molar-refractivity contribution in [1.29, 1.82) is 0 Å². The van der Waals surface area contributed by atoms with E-state index in [1.54, 1.807) is 12.1 Å². The molecule has 1 aliphatic carbocycles. The second-order valence-corrected chi connectivity index (χ2v) is 8.33. The molecule has 0 radical (unpaired) electrons. The van der Waals surface area contributed by atoms with E-state index in [4.69, 9.17) is 15.7 Å². The number of hydrogen-bond acceptors (Lipinski definition) is 9. The summed E-state index contributed by atoms with van der Waals surface area (Å²) in [5.74, 6) is 2.16. The number of nitrogens with one attached hydrogen (secondary N) is 2. The van der Waals surface area contributed by atoms with Crippen LogP contribution in [0.25, 0.3) is 0 Å². The lowest BCUT2D eigenvalue weighted by Gasteiger charge is -2.28. The second-order valence-electron chi connectivity index (χ2n) is 8.33. The number of nitrogens with two attached hydrogens (primary N) is 1. The number of nitro benzene ring substituents is 1. The van der Waals surface area contributed by atoms with Gasteiger partial charge in [0.2, 0.25) is 5.95 Å². The SMILES string of the molecule is CN1CNc2nc(NC3CCC(N)CC3)nc(N3CCc4ccc([N+](=O)[O-])cc43)c21. The van der Waals surface area contributed by atoms with Crippen molar-refractivity contribution in [2.75, 3.05) is 40.7 Å². The van der Waals surface area contributed by atoms with Gasteiger partial charge in [-0.2, -0.15) is 9.97 Å². The van der Waals surface area contributed by atoms with Crippen molar-refractivity contribution in [1.82, 2.24) is 9.97 Å². The van der Waals surface area contributed by atoms with Crippen LogP contribution in [0.1, 0.15) is 31.2 Å². The van der Waals surface area contributed by atoms with Crippen LogP contribution in [0, 0.1) is 10.1 Å². The van der Waals surface area contributed by atoms with Crippen LogP contribution in [0.5, 0.6) is 0 Å². The zero-order valence-corrected chi connectivity index (χ0v) is 17.0. The molecule has 3 heterocycles. The van der Waals surface area contributed by atoms with Crippen molar-refractivity contribution >= 4 is 34.6 Å². The zero-order chi connectivity index (χ0) is 20.8. The van der Waals surface area contributed by atoms with Crippen molar-refractivity contribution < 1.29 is 4.92 Å². The predicted molar refractivity (Wildman–Crippen MR) is 117 cm³/mol. The third-order valence-corrected chi connectivity index (χ3v) is 6.27. The Bertz CT molecular complexity index is 989. The molecule has 4 N–H and O–H groups in total. The average Bonchev–Trinajstić information content (AvgIpc) is 3.32. The topological polar surface area (TPSA) is 125 Å². The molecule has 0 unspecified atom stereocenters. The van der Waals surface area contributed by atoms with Gasteiger partial charge in [-0.3, -0.25) is 10.1 Å². The fourth-order valence-corrected chi connectivity index (χ4v) is 4.59. The summed E-state index contributed by atoms with van der Waals surface area (Å²) < 4.78 is 0. The van der Waals surface area contributed by atoms with Gasteiger partial charge in [0.1, 0.15) is 5.69 Å². The molecule has 1 aromatic carbocycles. The minimum Gasteiger partial charge on any atom is -0.351 e. The van der Waals surface area contributed by atoms with E-state index in [9.17, 15) is 10.1 Å². The number of anilines is 5. The second kappa shape index (κ2) is 7.28. The lowest BCUT2D eigenvalue weighted by atomic mass is 9.92.